The van der Waals surface area contributed by atoms with Crippen LogP contribution in [-0.2, 0) is 9.59 Å². The summed E-state index contributed by atoms with van der Waals surface area (Å²) < 4.78 is 0. The Kier molecular flexibility index (Phi) is 6.94. The average Bonchev–Trinajstić information content (AvgIpc) is 2.45. The molecule has 2 N–H and O–H groups in total. The zero-order valence-corrected chi connectivity index (χ0v) is 14.5. The second-order valence-corrected chi connectivity index (χ2v) is 7.35. The molecule has 0 spiro atoms. The molecule has 0 fully saturated rings. The smallest absolute Gasteiger partial charge is 0.309 e. The largest absolute Gasteiger partial charge is 0.481 e. The van der Waals surface area contributed by atoms with Crippen molar-refractivity contribution in [1.29, 1.82) is 0 Å². The van der Waals surface area contributed by atoms with Gasteiger partial charge in [0.15, 0.2) is 0 Å². The highest BCUT2D eigenvalue weighted by molar-refractivity contribution is 8.00. The fourth-order valence-corrected chi connectivity index (χ4v) is 2.50. The molecular formula is C17H25NO3S. The molecule has 0 aromatic heterocycles. The molecule has 122 valence electrons. The molecule has 0 bridgehead atoms. The summed E-state index contributed by atoms with van der Waals surface area (Å²) in [6, 6.07) is 8.22. The Bertz CT molecular complexity index is 509. The summed E-state index contributed by atoms with van der Waals surface area (Å²) >= 11 is 1.48. The van der Waals surface area contributed by atoms with Gasteiger partial charge in [0.1, 0.15) is 0 Å². The number of carboxylic acid groups (broad SMARTS) is 1. The molecule has 0 aliphatic heterocycles. The maximum Gasteiger partial charge on any atom is 0.309 e. The number of benzene rings is 1. The predicted molar refractivity (Wildman–Crippen MR) is 90.3 cm³/mol. The third-order valence-electron chi connectivity index (χ3n) is 3.57. The molecule has 0 aliphatic carbocycles. The second kappa shape index (κ2) is 8.22. The summed E-state index contributed by atoms with van der Waals surface area (Å²) in [5, 5.41) is 11.8. The average molecular weight is 323 g/mol. The van der Waals surface area contributed by atoms with E-state index in [9.17, 15) is 9.59 Å². The summed E-state index contributed by atoms with van der Waals surface area (Å²) in [4.78, 5) is 23.8. The molecule has 1 aromatic rings. The van der Waals surface area contributed by atoms with Gasteiger partial charge < -0.3 is 10.4 Å². The van der Waals surface area contributed by atoms with E-state index in [1.165, 1.54) is 17.3 Å². The zero-order valence-electron chi connectivity index (χ0n) is 13.7. The molecular weight excluding hydrogens is 298 g/mol. The Hall–Kier alpha value is -1.49. The van der Waals surface area contributed by atoms with Crippen LogP contribution in [0.2, 0.25) is 0 Å². The first-order chi connectivity index (χ1) is 10.2. The first-order valence-corrected chi connectivity index (χ1v) is 8.44. The molecule has 4 nitrogen and oxygen atoms in total. The minimum atomic E-state index is -0.846. The van der Waals surface area contributed by atoms with Crippen molar-refractivity contribution in [3.05, 3.63) is 29.8 Å². The van der Waals surface area contributed by atoms with Crippen LogP contribution < -0.4 is 5.32 Å². The highest BCUT2D eigenvalue weighted by Crippen LogP contribution is 2.22. The molecule has 1 aromatic carbocycles. The number of carboxylic acids is 1. The van der Waals surface area contributed by atoms with E-state index in [0.717, 1.165) is 4.90 Å². The van der Waals surface area contributed by atoms with Crippen molar-refractivity contribution in [2.24, 2.45) is 5.41 Å². The predicted octanol–water partition coefficient (Wildman–Crippen LogP) is 3.52. The van der Waals surface area contributed by atoms with Crippen LogP contribution >= 0.6 is 11.8 Å². The number of rotatable bonds is 8. The van der Waals surface area contributed by atoms with Crippen molar-refractivity contribution < 1.29 is 14.7 Å². The summed E-state index contributed by atoms with van der Waals surface area (Å²) in [6.07, 6.45) is 0.418. The van der Waals surface area contributed by atoms with Crippen molar-refractivity contribution in [1.82, 2.24) is 5.32 Å². The van der Waals surface area contributed by atoms with E-state index in [-0.39, 0.29) is 5.91 Å². The van der Waals surface area contributed by atoms with Gasteiger partial charge in [0.2, 0.25) is 5.91 Å². The maximum atomic E-state index is 11.8. The lowest BCUT2D eigenvalue weighted by molar-refractivity contribution is -0.147. The number of thioether (sulfide) groups is 1. The summed E-state index contributed by atoms with van der Waals surface area (Å²) in [7, 11) is 0. The molecule has 0 heterocycles. The van der Waals surface area contributed by atoms with Crippen LogP contribution in [0, 0.1) is 5.41 Å². The molecule has 0 atom stereocenters. The van der Waals surface area contributed by atoms with Gasteiger partial charge in [0, 0.05) is 11.4 Å². The molecule has 1 amide bonds. The Balaban J connectivity index is 2.33. The number of hydrogen-bond acceptors (Lipinski definition) is 3. The first kappa shape index (κ1) is 18.6. The zero-order chi connectivity index (χ0) is 16.8. The minimum Gasteiger partial charge on any atom is -0.481 e. The third kappa shape index (κ3) is 6.10. The van der Waals surface area contributed by atoms with Crippen molar-refractivity contribution in [3.8, 4) is 0 Å². The van der Waals surface area contributed by atoms with E-state index in [4.69, 9.17) is 5.11 Å². The van der Waals surface area contributed by atoms with Gasteiger partial charge in [0.05, 0.1) is 11.2 Å². The van der Waals surface area contributed by atoms with Gasteiger partial charge >= 0.3 is 5.97 Å². The normalized spacial score (nSPS) is 11.5. The van der Waals surface area contributed by atoms with Crippen molar-refractivity contribution >= 4 is 23.6 Å². The molecule has 0 saturated carbocycles. The number of nitrogens with one attached hydrogen (secondary N) is 1. The lowest BCUT2D eigenvalue weighted by atomic mass is 9.90. The molecule has 0 aliphatic rings. The second-order valence-electron chi connectivity index (χ2n) is 6.30. The number of amides is 1. The lowest BCUT2D eigenvalue weighted by Gasteiger charge is -2.18. The Morgan fingerprint density at radius 1 is 1.23 bits per heavy atom. The van der Waals surface area contributed by atoms with Crippen molar-refractivity contribution in [3.63, 3.8) is 0 Å². The quantitative estimate of drug-likeness (QED) is 0.718. The van der Waals surface area contributed by atoms with E-state index >= 15 is 0 Å². The van der Waals surface area contributed by atoms with Crippen LogP contribution in [0.3, 0.4) is 0 Å². The first-order valence-electron chi connectivity index (χ1n) is 7.45. The van der Waals surface area contributed by atoms with Crippen LogP contribution in [0.4, 0.5) is 0 Å². The summed E-state index contributed by atoms with van der Waals surface area (Å²) in [5.74, 6) is -0.0745. The van der Waals surface area contributed by atoms with Crippen molar-refractivity contribution in [2.45, 2.75) is 44.9 Å². The van der Waals surface area contributed by atoms with Gasteiger partial charge in [-0.3, -0.25) is 9.59 Å². The summed E-state index contributed by atoms with van der Waals surface area (Å²) in [5.41, 5.74) is 0.470. The van der Waals surface area contributed by atoms with Gasteiger partial charge in [-0.2, -0.15) is 0 Å². The van der Waals surface area contributed by atoms with E-state index in [1.54, 1.807) is 13.8 Å². The topological polar surface area (TPSA) is 66.4 Å². The lowest BCUT2D eigenvalue weighted by Crippen LogP contribution is -2.32. The molecule has 0 saturated heterocycles. The highest BCUT2D eigenvalue weighted by Gasteiger charge is 2.26. The third-order valence-corrected chi connectivity index (χ3v) is 4.58. The highest BCUT2D eigenvalue weighted by atomic mass is 32.2. The van der Waals surface area contributed by atoms with Gasteiger partial charge in [-0.1, -0.05) is 26.0 Å². The SMILES string of the molecule is CC(C)c1ccc(SCC(=O)NCCC(C)(C)C(=O)O)cc1. The van der Waals surface area contributed by atoms with E-state index in [2.05, 4.69) is 31.3 Å². The van der Waals surface area contributed by atoms with Crippen LogP contribution in [0.1, 0.15) is 45.6 Å². The van der Waals surface area contributed by atoms with Crippen LogP contribution in [0.25, 0.3) is 0 Å². The van der Waals surface area contributed by atoms with Crippen LogP contribution in [0.15, 0.2) is 29.2 Å². The molecule has 5 heteroatoms. The van der Waals surface area contributed by atoms with Gasteiger partial charge in [0.25, 0.3) is 0 Å². The molecule has 1 rings (SSSR count). The molecule has 0 unspecified atom stereocenters. The molecule has 0 radical (unpaired) electrons. The maximum absolute atomic E-state index is 11.8. The number of carbonyl (C=O) groups is 2. The Morgan fingerprint density at radius 2 is 1.82 bits per heavy atom. The van der Waals surface area contributed by atoms with E-state index < -0.39 is 11.4 Å². The van der Waals surface area contributed by atoms with E-state index in [0.29, 0.717) is 24.6 Å². The molecule has 22 heavy (non-hydrogen) atoms. The van der Waals surface area contributed by atoms with Crippen LogP contribution in [-0.4, -0.2) is 29.3 Å². The number of hydrogen-bond donors (Lipinski definition) is 2. The van der Waals surface area contributed by atoms with Crippen LogP contribution in [0.5, 0.6) is 0 Å². The monoisotopic (exact) mass is 323 g/mol. The fraction of sp³-hybridized carbons (Fsp3) is 0.529. The minimum absolute atomic E-state index is 0.0703. The fourth-order valence-electron chi connectivity index (χ4n) is 1.77. The number of aliphatic carboxylic acids is 1. The Morgan fingerprint density at radius 3 is 2.32 bits per heavy atom. The number of carbonyl (C=O) groups excluding carboxylic acids is 1. The van der Waals surface area contributed by atoms with Gasteiger partial charge in [-0.15, -0.1) is 11.8 Å². The van der Waals surface area contributed by atoms with Gasteiger partial charge in [-0.05, 0) is 43.9 Å². The Labute approximate surface area is 136 Å². The van der Waals surface area contributed by atoms with Crippen molar-refractivity contribution in [2.75, 3.05) is 12.3 Å². The van der Waals surface area contributed by atoms with E-state index in [1.807, 2.05) is 12.1 Å². The summed E-state index contributed by atoms with van der Waals surface area (Å²) in [6.45, 7) is 7.99. The van der Waals surface area contributed by atoms with Gasteiger partial charge in [-0.25, -0.2) is 0 Å². The standard InChI is InChI=1S/C17H25NO3S/c1-12(2)13-5-7-14(8-6-13)22-11-15(19)18-10-9-17(3,4)16(20)21/h5-8,12H,9-11H2,1-4H3,(H,18,19)(H,20,21).